The molecule has 1 atom stereocenters. The number of carboxylic acid groups (broad SMARTS) is 1. The van der Waals surface area contributed by atoms with Crippen LogP contribution in [0.4, 0.5) is 5.69 Å². The summed E-state index contributed by atoms with van der Waals surface area (Å²) in [5.74, 6) is -0.304. The van der Waals surface area contributed by atoms with Gasteiger partial charge in [-0.3, -0.25) is 14.2 Å². The van der Waals surface area contributed by atoms with Crippen LogP contribution in [0.3, 0.4) is 0 Å². The van der Waals surface area contributed by atoms with E-state index in [1.165, 1.54) is 11.3 Å². The number of aromatic nitrogens is 1. The molecule has 0 saturated heterocycles. The quantitative estimate of drug-likeness (QED) is 0.355. The average molecular weight is 497 g/mol. The number of hydrogen-bond acceptors (Lipinski definition) is 4. The minimum atomic E-state index is -0.918. The van der Waals surface area contributed by atoms with Crippen molar-refractivity contribution in [3.05, 3.63) is 94.2 Å². The molecule has 4 aromatic rings. The summed E-state index contributed by atoms with van der Waals surface area (Å²) in [6.45, 7) is 9.40. The molecule has 3 aromatic carbocycles. The fourth-order valence-electron chi connectivity index (χ4n) is 5.66. The molecule has 2 heterocycles. The topological polar surface area (TPSA) is 71.8 Å². The molecule has 37 heavy (non-hydrogen) atoms. The number of para-hydroxylation sites is 2. The second kappa shape index (κ2) is 9.77. The Balaban J connectivity index is 1.42. The van der Waals surface area contributed by atoms with Crippen molar-refractivity contribution in [3.8, 4) is 5.75 Å². The summed E-state index contributed by atoms with van der Waals surface area (Å²) >= 11 is 0. The number of rotatable bonds is 7. The number of fused-ring (bicyclic) bond motifs is 2. The average Bonchev–Trinajstić information content (AvgIpc) is 3.38. The van der Waals surface area contributed by atoms with Crippen LogP contribution in [0.15, 0.2) is 60.7 Å². The lowest BCUT2D eigenvalue weighted by molar-refractivity contribution is -0.136. The molecule has 0 amide bonds. The molecule has 6 nitrogen and oxygen atoms in total. The predicted molar refractivity (Wildman–Crippen MR) is 146 cm³/mol. The second-order valence-corrected chi connectivity index (χ2v) is 9.74. The monoisotopic (exact) mass is 496 g/mol. The molecule has 1 aromatic heterocycles. The van der Waals surface area contributed by atoms with E-state index < -0.39 is 5.97 Å². The first-order chi connectivity index (χ1) is 17.8. The molecule has 0 spiro atoms. The molecule has 1 N–H and O–H groups in total. The van der Waals surface area contributed by atoms with Crippen LogP contribution in [0.1, 0.15) is 45.2 Å². The summed E-state index contributed by atoms with van der Waals surface area (Å²) in [5.41, 5.74) is 7.06. The van der Waals surface area contributed by atoms with Crippen LogP contribution in [0.25, 0.3) is 10.9 Å². The summed E-state index contributed by atoms with van der Waals surface area (Å²) in [6.07, 6.45) is 0.828. The van der Waals surface area contributed by atoms with E-state index in [4.69, 9.17) is 4.74 Å². The molecular weight excluding hydrogens is 464 g/mol. The van der Waals surface area contributed by atoms with Gasteiger partial charge in [-0.1, -0.05) is 36.4 Å². The Bertz CT molecular complexity index is 1520. The lowest BCUT2D eigenvalue weighted by Crippen LogP contribution is -2.36. The molecular formula is C31H32N2O4. The number of hydrogen-bond donors (Lipinski definition) is 1. The van der Waals surface area contributed by atoms with Gasteiger partial charge in [0.15, 0.2) is 0 Å². The van der Waals surface area contributed by atoms with Crippen LogP contribution in [0.2, 0.25) is 0 Å². The molecule has 1 aliphatic rings. The van der Waals surface area contributed by atoms with Gasteiger partial charge in [0.05, 0.1) is 18.0 Å². The lowest BCUT2D eigenvalue weighted by Gasteiger charge is -2.26. The first kappa shape index (κ1) is 24.6. The zero-order valence-electron chi connectivity index (χ0n) is 21.7. The Hall–Kier alpha value is -4.06. The normalized spacial score (nSPS) is 14.7. The van der Waals surface area contributed by atoms with Crippen LogP contribution >= 0.6 is 0 Å². The van der Waals surface area contributed by atoms with Crippen LogP contribution < -0.4 is 9.64 Å². The van der Waals surface area contributed by atoms with E-state index >= 15 is 0 Å². The van der Waals surface area contributed by atoms with Gasteiger partial charge >= 0.3 is 5.97 Å². The SMILES string of the molecule is CCN1c2ccccc2C[C@@H]1COc1ccc(C(=O)n2c(C)c(CC(=O)O)c3ccccc32)c(C)c1C. The molecule has 0 fully saturated rings. The molecule has 0 radical (unpaired) electrons. The van der Waals surface area contributed by atoms with Gasteiger partial charge in [-0.2, -0.15) is 0 Å². The number of aliphatic carboxylic acids is 1. The maximum atomic E-state index is 13.8. The number of anilines is 1. The zero-order valence-corrected chi connectivity index (χ0v) is 21.7. The third-order valence-electron chi connectivity index (χ3n) is 7.71. The van der Waals surface area contributed by atoms with Gasteiger partial charge in [0.25, 0.3) is 5.91 Å². The Morgan fingerprint density at radius 2 is 1.70 bits per heavy atom. The zero-order chi connectivity index (χ0) is 26.3. The van der Waals surface area contributed by atoms with Crippen LogP contribution in [0, 0.1) is 20.8 Å². The van der Waals surface area contributed by atoms with Gasteiger partial charge in [0.1, 0.15) is 12.4 Å². The highest BCUT2D eigenvalue weighted by atomic mass is 16.5. The number of carboxylic acids is 1. The Kier molecular flexibility index (Phi) is 6.50. The first-order valence-electron chi connectivity index (χ1n) is 12.7. The van der Waals surface area contributed by atoms with E-state index in [9.17, 15) is 14.7 Å². The van der Waals surface area contributed by atoms with Crippen molar-refractivity contribution in [1.29, 1.82) is 0 Å². The van der Waals surface area contributed by atoms with E-state index in [0.717, 1.165) is 40.7 Å². The molecule has 0 unspecified atom stereocenters. The van der Waals surface area contributed by atoms with Crippen molar-refractivity contribution in [3.63, 3.8) is 0 Å². The van der Waals surface area contributed by atoms with Gasteiger partial charge in [0.2, 0.25) is 0 Å². The molecule has 0 saturated carbocycles. The standard InChI is InChI=1S/C31H32N2O4/c1-5-32-23(16-22-10-6-8-12-27(22)32)18-37-29-15-14-24(19(2)20(29)3)31(36)33-21(4)26(17-30(34)35)25-11-7-9-13-28(25)33/h6-15,23H,5,16-18H2,1-4H3,(H,34,35)/t23-/m1/s1. The van der Waals surface area contributed by atoms with Crippen molar-refractivity contribution >= 4 is 28.5 Å². The third-order valence-corrected chi connectivity index (χ3v) is 7.71. The smallest absolute Gasteiger partial charge is 0.307 e. The number of carbonyl (C=O) groups excluding carboxylic acids is 1. The summed E-state index contributed by atoms with van der Waals surface area (Å²) < 4.78 is 7.97. The Labute approximate surface area is 217 Å². The van der Waals surface area contributed by atoms with Gasteiger partial charge in [-0.25, -0.2) is 0 Å². The van der Waals surface area contributed by atoms with E-state index in [1.807, 2.05) is 57.2 Å². The Morgan fingerprint density at radius 3 is 2.46 bits per heavy atom. The van der Waals surface area contributed by atoms with Gasteiger partial charge < -0.3 is 14.7 Å². The van der Waals surface area contributed by atoms with Crippen molar-refractivity contribution < 1.29 is 19.4 Å². The summed E-state index contributed by atoms with van der Waals surface area (Å²) in [7, 11) is 0. The van der Waals surface area contributed by atoms with E-state index in [-0.39, 0.29) is 18.4 Å². The molecule has 0 bridgehead atoms. The molecule has 5 rings (SSSR count). The maximum absolute atomic E-state index is 13.8. The fraction of sp³-hybridized carbons (Fsp3) is 0.290. The van der Waals surface area contributed by atoms with Gasteiger partial charge in [-0.05, 0) is 80.6 Å². The summed E-state index contributed by atoms with van der Waals surface area (Å²) in [5, 5.41) is 10.2. The van der Waals surface area contributed by atoms with Crippen LogP contribution in [0.5, 0.6) is 5.75 Å². The van der Waals surface area contributed by atoms with Gasteiger partial charge in [0, 0.05) is 28.9 Å². The van der Waals surface area contributed by atoms with E-state index in [2.05, 4.69) is 36.1 Å². The number of nitrogens with zero attached hydrogens (tertiary/aromatic N) is 2. The first-order valence-corrected chi connectivity index (χ1v) is 12.7. The minimum absolute atomic E-state index is 0.128. The van der Waals surface area contributed by atoms with Crippen molar-refractivity contribution in [2.24, 2.45) is 0 Å². The number of carbonyl (C=O) groups is 2. The highest BCUT2D eigenvalue weighted by molar-refractivity contribution is 6.05. The number of likely N-dealkylation sites (N-methyl/N-ethyl adjacent to an activating group) is 1. The summed E-state index contributed by atoms with van der Waals surface area (Å²) in [4.78, 5) is 27.7. The highest BCUT2D eigenvalue weighted by Crippen LogP contribution is 2.33. The number of benzene rings is 3. The molecule has 6 heteroatoms. The lowest BCUT2D eigenvalue weighted by atomic mass is 10.0. The molecule has 1 aliphatic heterocycles. The maximum Gasteiger partial charge on any atom is 0.307 e. The fourth-order valence-corrected chi connectivity index (χ4v) is 5.66. The molecule has 190 valence electrons. The number of ether oxygens (including phenoxy) is 1. The minimum Gasteiger partial charge on any atom is -0.491 e. The van der Waals surface area contributed by atoms with Crippen LogP contribution in [-0.2, 0) is 17.6 Å². The molecule has 0 aliphatic carbocycles. The van der Waals surface area contributed by atoms with E-state index in [0.29, 0.717) is 23.4 Å². The van der Waals surface area contributed by atoms with Gasteiger partial charge in [-0.15, -0.1) is 0 Å². The van der Waals surface area contributed by atoms with E-state index in [1.54, 1.807) is 4.57 Å². The van der Waals surface area contributed by atoms with Crippen molar-refractivity contribution in [2.45, 2.75) is 46.6 Å². The van der Waals surface area contributed by atoms with Crippen molar-refractivity contribution in [2.75, 3.05) is 18.1 Å². The van der Waals surface area contributed by atoms with Crippen molar-refractivity contribution in [1.82, 2.24) is 4.57 Å². The largest absolute Gasteiger partial charge is 0.491 e. The Morgan fingerprint density at radius 1 is 0.973 bits per heavy atom. The third kappa shape index (κ3) is 4.26. The predicted octanol–water partition coefficient (Wildman–Crippen LogP) is 5.71. The second-order valence-electron chi connectivity index (χ2n) is 9.74. The summed E-state index contributed by atoms with van der Waals surface area (Å²) in [6, 6.07) is 20.0. The highest BCUT2D eigenvalue weighted by Gasteiger charge is 2.29. The van der Waals surface area contributed by atoms with Crippen LogP contribution in [-0.4, -0.2) is 40.7 Å².